The molecule has 1 aromatic rings. The molecule has 6 nitrogen and oxygen atoms in total. The normalized spacial score (nSPS) is 12.5. The van der Waals surface area contributed by atoms with Crippen molar-refractivity contribution in [2.75, 3.05) is 0 Å². The summed E-state index contributed by atoms with van der Waals surface area (Å²) in [5.41, 5.74) is -0.898. The fraction of sp³-hybridized carbons (Fsp3) is 0.308. The number of carbonyl (C=O) groups excluding carboxylic acids is 1. The maximum Gasteiger partial charge on any atom is 0.416 e. The van der Waals surface area contributed by atoms with Crippen LogP contribution in [-0.4, -0.2) is 34.1 Å². The van der Waals surface area contributed by atoms with Crippen molar-refractivity contribution in [1.29, 1.82) is 0 Å². The molecule has 9 heteroatoms. The Labute approximate surface area is 122 Å². The predicted octanol–water partition coefficient (Wildman–Crippen LogP) is 1.29. The molecule has 22 heavy (non-hydrogen) atoms. The Hall–Kier alpha value is -2.58. The molecular formula is C13H12F3NO5. The number of carboxylic acids is 2. The quantitative estimate of drug-likeness (QED) is 0.733. The lowest BCUT2D eigenvalue weighted by molar-refractivity contribution is -0.147. The highest BCUT2D eigenvalue weighted by atomic mass is 19.4. The topological polar surface area (TPSA) is 104 Å². The molecule has 0 bridgehead atoms. The SMILES string of the molecule is O=C(O)C[C@@H](NC(=O)Cc1cccc(C(F)(F)F)c1)C(=O)O. The van der Waals surface area contributed by atoms with Crippen molar-refractivity contribution in [3.63, 3.8) is 0 Å². The molecule has 0 heterocycles. The lowest BCUT2D eigenvalue weighted by atomic mass is 10.1. The fourth-order valence-electron chi connectivity index (χ4n) is 1.66. The molecule has 0 aliphatic rings. The molecule has 1 amide bonds. The molecule has 120 valence electrons. The maximum absolute atomic E-state index is 12.5. The molecule has 0 unspecified atom stereocenters. The van der Waals surface area contributed by atoms with Crippen molar-refractivity contribution in [3.8, 4) is 0 Å². The van der Waals surface area contributed by atoms with Gasteiger partial charge in [-0.3, -0.25) is 9.59 Å². The van der Waals surface area contributed by atoms with Gasteiger partial charge in [-0.1, -0.05) is 18.2 Å². The summed E-state index contributed by atoms with van der Waals surface area (Å²) in [6, 6.07) is 2.37. The lowest BCUT2D eigenvalue weighted by Crippen LogP contribution is -2.42. The van der Waals surface area contributed by atoms with Gasteiger partial charge in [-0.15, -0.1) is 0 Å². The first-order valence-electron chi connectivity index (χ1n) is 5.99. The van der Waals surface area contributed by atoms with E-state index in [1.807, 2.05) is 5.32 Å². The van der Waals surface area contributed by atoms with Crippen LogP contribution in [0.3, 0.4) is 0 Å². The second kappa shape index (κ2) is 6.92. The van der Waals surface area contributed by atoms with Crippen LogP contribution in [0.1, 0.15) is 17.5 Å². The standard InChI is InChI=1S/C13H12F3NO5/c14-13(15,16)8-3-1-2-7(4-8)5-10(18)17-9(12(21)22)6-11(19)20/h1-4,9H,5-6H2,(H,17,18)(H,19,20)(H,21,22)/t9-/m1/s1. The second-order valence-corrected chi connectivity index (χ2v) is 4.43. The van der Waals surface area contributed by atoms with Gasteiger partial charge in [0.25, 0.3) is 0 Å². The summed E-state index contributed by atoms with van der Waals surface area (Å²) < 4.78 is 37.6. The van der Waals surface area contributed by atoms with Crippen LogP contribution in [-0.2, 0) is 27.0 Å². The minimum atomic E-state index is -4.56. The molecule has 0 saturated carbocycles. The Bertz CT molecular complexity index is 585. The van der Waals surface area contributed by atoms with Crippen LogP contribution in [0.25, 0.3) is 0 Å². The van der Waals surface area contributed by atoms with E-state index in [2.05, 4.69) is 0 Å². The monoisotopic (exact) mass is 319 g/mol. The summed E-state index contributed by atoms with van der Waals surface area (Å²) in [4.78, 5) is 32.9. The molecule has 3 N–H and O–H groups in total. The van der Waals surface area contributed by atoms with E-state index < -0.39 is 48.5 Å². The van der Waals surface area contributed by atoms with Crippen molar-refractivity contribution in [2.45, 2.75) is 25.1 Å². The van der Waals surface area contributed by atoms with Gasteiger partial charge in [0.1, 0.15) is 6.04 Å². The van der Waals surface area contributed by atoms with Gasteiger partial charge < -0.3 is 15.5 Å². The zero-order chi connectivity index (χ0) is 16.9. The summed E-state index contributed by atoms with van der Waals surface area (Å²) in [6.07, 6.45) is -5.88. The van der Waals surface area contributed by atoms with Crippen LogP contribution in [0.5, 0.6) is 0 Å². The highest BCUT2D eigenvalue weighted by molar-refractivity contribution is 5.87. The molecular weight excluding hydrogens is 307 g/mol. The van der Waals surface area contributed by atoms with Crippen LogP contribution in [0.4, 0.5) is 13.2 Å². The number of nitrogens with one attached hydrogen (secondary N) is 1. The Kier molecular flexibility index (Phi) is 5.50. The summed E-state index contributed by atoms with van der Waals surface area (Å²) in [5.74, 6) is -3.85. The third-order valence-corrected chi connectivity index (χ3v) is 2.63. The molecule has 0 radical (unpaired) electrons. The average molecular weight is 319 g/mol. The molecule has 0 aliphatic carbocycles. The first-order valence-corrected chi connectivity index (χ1v) is 5.99. The van der Waals surface area contributed by atoms with Crippen LogP contribution in [0.2, 0.25) is 0 Å². The van der Waals surface area contributed by atoms with Crippen molar-refractivity contribution >= 4 is 17.8 Å². The number of benzene rings is 1. The largest absolute Gasteiger partial charge is 0.481 e. The second-order valence-electron chi connectivity index (χ2n) is 4.43. The molecule has 0 saturated heterocycles. The number of aliphatic carboxylic acids is 2. The summed E-state index contributed by atoms with van der Waals surface area (Å²) in [5, 5.41) is 19.2. The number of carbonyl (C=O) groups is 3. The van der Waals surface area contributed by atoms with Crippen LogP contribution in [0, 0.1) is 0 Å². The Morgan fingerprint density at radius 3 is 2.32 bits per heavy atom. The predicted molar refractivity (Wildman–Crippen MR) is 67.0 cm³/mol. The van der Waals surface area contributed by atoms with Gasteiger partial charge in [0.05, 0.1) is 18.4 Å². The molecule has 1 rings (SSSR count). The van der Waals surface area contributed by atoms with E-state index in [1.54, 1.807) is 0 Å². The highest BCUT2D eigenvalue weighted by Crippen LogP contribution is 2.29. The molecule has 0 aromatic heterocycles. The Morgan fingerprint density at radius 1 is 1.18 bits per heavy atom. The summed E-state index contributed by atoms with van der Waals surface area (Å²) in [7, 11) is 0. The number of amides is 1. The first kappa shape index (κ1) is 17.5. The van der Waals surface area contributed by atoms with Gasteiger partial charge in [-0.2, -0.15) is 13.2 Å². The van der Waals surface area contributed by atoms with Crippen molar-refractivity contribution in [1.82, 2.24) is 5.32 Å². The smallest absolute Gasteiger partial charge is 0.416 e. The average Bonchev–Trinajstić information content (AvgIpc) is 2.36. The Morgan fingerprint density at radius 2 is 1.82 bits per heavy atom. The molecule has 1 atom stereocenters. The zero-order valence-electron chi connectivity index (χ0n) is 11.1. The van der Waals surface area contributed by atoms with E-state index in [1.165, 1.54) is 6.07 Å². The number of rotatable bonds is 6. The van der Waals surface area contributed by atoms with Gasteiger partial charge in [0.2, 0.25) is 5.91 Å². The van der Waals surface area contributed by atoms with E-state index in [0.717, 1.165) is 18.2 Å². The van der Waals surface area contributed by atoms with E-state index in [0.29, 0.717) is 0 Å². The zero-order valence-corrected chi connectivity index (χ0v) is 11.1. The molecule has 0 spiro atoms. The third kappa shape index (κ3) is 5.43. The number of halogens is 3. The van der Waals surface area contributed by atoms with Crippen molar-refractivity contribution in [2.24, 2.45) is 0 Å². The maximum atomic E-state index is 12.5. The minimum Gasteiger partial charge on any atom is -0.481 e. The van der Waals surface area contributed by atoms with Gasteiger partial charge in [-0.05, 0) is 11.6 Å². The van der Waals surface area contributed by atoms with Gasteiger partial charge in [-0.25, -0.2) is 4.79 Å². The highest BCUT2D eigenvalue weighted by Gasteiger charge is 2.30. The van der Waals surface area contributed by atoms with E-state index in [4.69, 9.17) is 10.2 Å². The Balaban J connectivity index is 2.76. The van der Waals surface area contributed by atoms with Gasteiger partial charge in [0.15, 0.2) is 0 Å². The third-order valence-electron chi connectivity index (χ3n) is 2.63. The van der Waals surface area contributed by atoms with Crippen molar-refractivity contribution in [3.05, 3.63) is 35.4 Å². The minimum absolute atomic E-state index is 0.0341. The lowest BCUT2D eigenvalue weighted by Gasteiger charge is -2.13. The number of carboxylic acid groups (broad SMARTS) is 2. The van der Waals surface area contributed by atoms with Gasteiger partial charge >= 0.3 is 18.1 Å². The van der Waals surface area contributed by atoms with Crippen LogP contribution in [0.15, 0.2) is 24.3 Å². The van der Waals surface area contributed by atoms with Gasteiger partial charge in [0, 0.05) is 0 Å². The fourth-order valence-corrected chi connectivity index (χ4v) is 1.66. The summed E-state index contributed by atoms with van der Waals surface area (Å²) in [6.45, 7) is 0. The van der Waals surface area contributed by atoms with E-state index in [-0.39, 0.29) is 5.56 Å². The van der Waals surface area contributed by atoms with Crippen molar-refractivity contribution < 1.29 is 37.8 Å². The summed E-state index contributed by atoms with van der Waals surface area (Å²) >= 11 is 0. The number of hydrogen-bond donors (Lipinski definition) is 3. The molecule has 0 aliphatic heterocycles. The first-order chi connectivity index (χ1) is 10.1. The molecule has 1 aromatic carbocycles. The van der Waals surface area contributed by atoms with E-state index in [9.17, 15) is 27.6 Å². The van der Waals surface area contributed by atoms with Crippen LogP contribution < -0.4 is 5.32 Å². The molecule has 0 fully saturated rings. The number of hydrogen-bond acceptors (Lipinski definition) is 3. The number of alkyl halides is 3. The van der Waals surface area contributed by atoms with E-state index >= 15 is 0 Å². The van der Waals surface area contributed by atoms with Crippen LogP contribution >= 0.6 is 0 Å².